The van der Waals surface area contributed by atoms with Crippen molar-refractivity contribution in [2.45, 2.75) is 32.1 Å². The van der Waals surface area contributed by atoms with E-state index >= 15 is 0 Å². The monoisotopic (exact) mass is 318 g/mol. The molecule has 3 heterocycles. The number of amides is 2. The first kappa shape index (κ1) is 16.9. The van der Waals surface area contributed by atoms with Crippen molar-refractivity contribution in [1.82, 2.24) is 10.3 Å². The fourth-order valence-electron chi connectivity index (χ4n) is 2.54. The van der Waals surface area contributed by atoms with E-state index in [0.717, 1.165) is 38.0 Å². The smallest absolute Gasteiger partial charge is 0.226 e. The lowest BCUT2D eigenvalue weighted by Crippen LogP contribution is -2.34. The molecule has 1 aromatic rings. The van der Waals surface area contributed by atoms with Crippen LogP contribution in [0.25, 0.3) is 0 Å². The Morgan fingerprint density at radius 3 is 2.26 bits per heavy atom. The molecule has 23 heavy (non-hydrogen) atoms. The number of piperidine rings is 2. The van der Waals surface area contributed by atoms with Gasteiger partial charge in [0, 0.05) is 31.8 Å². The van der Waals surface area contributed by atoms with E-state index in [2.05, 4.69) is 15.2 Å². The van der Waals surface area contributed by atoms with Gasteiger partial charge in [0.1, 0.15) is 12.1 Å². The highest BCUT2D eigenvalue weighted by Crippen LogP contribution is 2.20. The maximum absolute atomic E-state index is 10.6. The van der Waals surface area contributed by atoms with Crippen LogP contribution in [-0.2, 0) is 14.4 Å². The lowest BCUT2D eigenvalue weighted by molar-refractivity contribution is -0.133. The quantitative estimate of drug-likeness (QED) is 0.620. The zero-order valence-corrected chi connectivity index (χ0v) is 13.0. The summed E-state index contributed by atoms with van der Waals surface area (Å²) in [4.78, 5) is 37.7. The number of nitrogens with zero attached hydrogens (tertiary/aromatic N) is 2. The van der Waals surface area contributed by atoms with Gasteiger partial charge < -0.3 is 15.4 Å². The van der Waals surface area contributed by atoms with Gasteiger partial charge in [0.15, 0.2) is 0 Å². The number of carbonyl (C=O) groups is 3. The van der Waals surface area contributed by atoms with Gasteiger partial charge in [-0.3, -0.25) is 14.9 Å². The number of hydrogen-bond donors (Lipinski definition) is 2. The number of aldehydes is 1. The third-order valence-corrected chi connectivity index (χ3v) is 3.91. The maximum atomic E-state index is 10.6. The summed E-state index contributed by atoms with van der Waals surface area (Å²) in [5, 5.41) is 2.20. The lowest BCUT2D eigenvalue weighted by Gasteiger charge is -2.30. The van der Waals surface area contributed by atoms with E-state index < -0.39 is 0 Å². The number of hydrogen-bond acceptors (Lipinski definition) is 6. The third-order valence-electron chi connectivity index (χ3n) is 3.91. The molecular weight excluding hydrogens is 296 g/mol. The largest absolute Gasteiger partial charge is 0.397 e. The van der Waals surface area contributed by atoms with Crippen molar-refractivity contribution in [3.05, 3.63) is 18.3 Å². The third kappa shape index (κ3) is 5.36. The molecule has 3 rings (SSSR count). The summed E-state index contributed by atoms with van der Waals surface area (Å²) in [6.45, 7) is 1.81. The van der Waals surface area contributed by atoms with E-state index in [9.17, 15) is 14.4 Å². The lowest BCUT2D eigenvalue weighted by atomic mass is 9.99. The number of anilines is 2. The van der Waals surface area contributed by atoms with E-state index in [1.54, 1.807) is 6.20 Å². The standard InChI is InChI=1S/C11H15N3O.C5H7NO2/c12-10-1-2-11(13-7-10)14-5-3-9(8-15)4-6-14;7-4-2-1-3-5(8)6-4/h1-2,7-9H,3-6,12H2;1-3H2,(H,6,7,8). The van der Waals surface area contributed by atoms with Crippen LogP contribution in [0, 0.1) is 5.92 Å². The maximum Gasteiger partial charge on any atom is 0.226 e. The minimum absolute atomic E-state index is 0.138. The first-order valence-electron chi connectivity index (χ1n) is 7.83. The van der Waals surface area contributed by atoms with Crippen LogP contribution in [0.5, 0.6) is 0 Å². The molecule has 7 nitrogen and oxygen atoms in total. The SMILES string of the molecule is Nc1ccc(N2CCC(C=O)CC2)nc1.O=C1CCCC(=O)N1. The minimum atomic E-state index is -0.138. The zero-order chi connectivity index (χ0) is 16.7. The number of carbonyl (C=O) groups excluding carboxylic acids is 3. The van der Waals surface area contributed by atoms with Crippen LogP contribution in [0.3, 0.4) is 0 Å². The van der Waals surface area contributed by atoms with Crippen molar-refractivity contribution in [2.24, 2.45) is 5.92 Å². The Bertz CT molecular complexity index is 537. The van der Waals surface area contributed by atoms with Crippen molar-refractivity contribution < 1.29 is 14.4 Å². The van der Waals surface area contributed by atoms with E-state index in [-0.39, 0.29) is 17.7 Å². The molecule has 7 heteroatoms. The van der Waals surface area contributed by atoms with Crippen LogP contribution in [-0.4, -0.2) is 36.2 Å². The van der Waals surface area contributed by atoms with Crippen molar-refractivity contribution in [3.8, 4) is 0 Å². The number of nitrogens with two attached hydrogens (primary N) is 1. The molecule has 2 amide bonds. The van der Waals surface area contributed by atoms with Crippen LogP contribution in [0.4, 0.5) is 11.5 Å². The average Bonchev–Trinajstić information content (AvgIpc) is 2.56. The van der Waals surface area contributed by atoms with Crippen LogP contribution >= 0.6 is 0 Å². The van der Waals surface area contributed by atoms with Crippen LogP contribution in [0.1, 0.15) is 32.1 Å². The topological polar surface area (TPSA) is 105 Å². The zero-order valence-electron chi connectivity index (χ0n) is 13.0. The molecule has 0 aromatic carbocycles. The Morgan fingerprint density at radius 2 is 1.83 bits per heavy atom. The van der Waals surface area contributed by atoms with Crippen LogP contribution in [0.2, 0.25) is 0 Å². The molecule has 1 aromatic heterocycles. The molecule has 124 valence electrons. The second-order valence-corrected chi connectivity index (χ2v) is 5.74. The number of rotatable bonds is 2. The number of nitrogens with one attached hydrogen (secondary N) is 1. The Kier molecular flexibility index (Phi) is 6.08. The normalized spacial score (nSPS) is 18.7. The number of nitrogen functional groups attached to an aromatic ring is 1. The fraction of sp³-hybridized carbons (Fsp3) is 0.500. The minimum Gasteiger partial charge on any atom is -0.397 e. The molecule has 3 N–H and O–H groups in total. The molecule has 0 radical (unpaired) electrons. The predicted molar refractivity (Wildman–Crippen MR) is 86.7 cm³/mol. The Balaban J connectivity index is 0.000000203. The van der Waals surface area contributed by atoms with Crippen molar-refractivity contribution in [3.63, 3.8) is 0 Å². The van der Waals surface area contributed by atoms with Gasteiger partial charge in [0.05, 0.1) is 11.9 Å². The second kappa shape index (κ2) is 8.26. The number of imide groups is 1. The first-order chi connectivity index (χ1) is 11.1. The van der Waals surface area contributed by atoms with Gasteiger partial charge in [-0.15, -0.1) is 0 Å². The molecule has 2 aliphatic rings. The van der Waals surface area contributed by atoms with Gasteiger partial charge in [0.2, 0.25) is 11.8 Å². The first-order valence-corrected chi connectivity index (χ1v) is 7.83. The molecule has 0 aliphatic carbocycles. The molecule has 0 atom stereocenters. The molecular formula is C16H22N4O3. The average molecular weight is 318 g/mol. The van der Waals surface area contributed by atoms with Gasteiger partial charge in [-0.2, -0.15) is 0 Å². The number of pyridine rings is 1. The molecule has 0 bridgehead atoms. The van der Waals surface area contributed by atoms with Crippen molar-refractivity contribution in [2.75, 3.05) is 23.7 Å². The molecule has 2 aliphatic heterocycles. The Morgan fingerprint density at radius 1 is 1.17 bits per heavy atom. The van der Waals surface area contributed by atoms with Gasteiger partial charge in [-0.1, -0.05) is 0 Å². The molecule has 0 spiro atoms. The molecule has 2 fully saturated rings. The second-order valence-electron chi connectivity index (χ2n) is 5.74. The number of aromatic nitrogens is 1. The summed E-state index contributed by atoms with van der Waals surface area (Å²) in [7, 11) is 0. The van der Waals surface area contributed by atoms with E-state index in [1.165, 1.54) is 0 Å². The summed E-state index contributed by atoms with van der Waals surface area (Å²) in [5.41, 5.74) is 6.25. The summed E-state index contributed by atoms with van der Waals surface area (Å²) in [6.07, 6.45) is 6.31. The molecule has 2 saturated heterocycles. The van der Waals surface area contributed by atoms with E-state index in [0.29, 0.717) is 24.9 Å². The summed E-state index contributed by atoms with van der Waals surface area (Å²) >= 11 is 0. The molecule has 0 saturated carbocycles. The van der Waals surface area contributed by atoms with E-state index in [4.69, 9.17) is 5.73 Å². The van der Waals surface area contributed by atoms with Crippen LogP contribution in [0.15, 0.2) is 18.3 Å². The van der Waals surface area contributed by atoms with Crippen LogP contribution < -0.4 is 16.0 Å². The predicted octanol–water partition coefficient (Wildman–Crippen LogP) is 0.892. The molecule has 0 unspecified atom stereocenters. The van der Waals surface area contributed by atoms with Gasteiger partial charge in [0.25, 0.3) is 0 Å². The van der Waals surface area contributed by atoms with E-state index in [1.807, 2.05) is 12.1 Å². The summed E-state index contributed by atoms with van der Waals surface area (Å²) in [6, 6.07) is 3.78. The van der Waals surface area contributed by atoms with Gasteiger partial charge in [-0.05, 0) is 31.4 Å². The fourth-order valence-corrected chi connectivity index (χ4v) is 2.54. The summed E-state index contributed by atoms with van der Waals surface area (Å²) < 4.78 is 0. The van der Waals surface area contributed by atoms with Gasteiger partial charge in [-0.25, -0.2) is 4.98 Å². The highest BCUT2D eigenvalue weighted by molar-refractivity contribution is 5.97. The Hall–Kier alpha value is -2.44. The van der Waals surface area contributed by atoms with Crippen molar-refractivity contribution in [1.29, 1.82) is 0 Å². The highest BCUT2D eigenvalue weighted by Gasteiger charge is 2.19. The summed E-state index contributed by atoms with van der Waals surface area (Å²) in [5.74, 6) is 0.908. The Labute approximate surface area is 135 Å². The van der Waals surface area contributed by atoms with Crippen molar-refractivity contribution >= 4 is 29.6 Å². The highest BCUT2D eigenvalue weighted by atomic mass is 16.2. The van der Waals surface area contributed by atoms with Gasteiger partial charge >= 0.3 is 0 Å².